The number of hydrogen-bond acceptors (Lipinski definition) is 6. The van der Waals surface area contributed by atoms with Gasteiger partial charge in [-0.05, 0) is 55.0 Å². The van der Waals surface area contributed by atoms with Gasteiger partial charge in [-0.3, -0.25) is 10.1 Å². The van der Waals surface area contributed by atoms with Crippen LogP contribution in [0, 0.1) is 6.92 Å². The zero-order chi connectivity index (χ0) is 23.8. The molecule has 5 aromatic heterocycles. The van der Waals surface area contributed by atoms with E-state index in [0.29, 0.717) is 18.8 Å². The van der Waals surface area contributed by atoms with Gasteiger partial charge in [0.25, 0.3) is 0 Å². The lowest BCUT2D eigenvalue weighted by Gasteiger charge is -2.15. The van der Waals surface area contributed by atoms with Gasteiger partial charge in [0, 0.05) is 51.9 Å². The van der Waals surface area contributed by atoms with Crippen molar-refractivity contribution in [2.75, 3.05) is 6.61 Å². The number of furan rings is 1. The molecule has 0 aliphatic heterocycles. The number of ether oxygens (including phenoxy) is 1. The minimum absolute atomic E-state index is 0.190. The minimum Gasteiger partial charge on any atom is -0.490 e. The van der Waals surface area contributed by atoms with Gasteiger partial charge in [-0.15, -0.1) is 0 Å². The van der Waals surface area contributed by atoms with Gasteiger partial charge in [0.1, 0.15) is 18.0 Å². The maximum absolute atomic E-state index is 6.39. The number of aromatic amines is 2. The Morgan fingerprint density at radius 3 is 2.89 bits per heavy atom. The normalized spacial score (nSPS) is 12.4. The Morgan fingerprint density at radius 1 is 1.09 bits per heavy atom. The highest BCUT2D eigenvalue weighted by Crippen LogP contribution is 2.35. The van der Waals surface area contributed by atoms with Crippen molar-refractivity contribution >= 4 is 21.9 Å². The Hall–Kier alpha value is -4.43. The third kappa shape index (κ3) is 4.15. The second-order valence-electron chi connectivity index (χ2n) is 8.67. The molecule has 6 aromatic rings. The van der Waals surface area contributed by atoms with Crippen molar-refractivity contribution in [2.24, 2.45) is 5.73 Å². The van der Waals surface area contributed by atoms with E-state index in [9.17, 15) is 0 Å². The number of aromatic nitrogens is 5. The van der Waals surface area contributed by atoms with E-state index in [4.69, 9.17) is 19.9 Å². The first-order chi connectivity index (χ1) is 17.1. The molecule has 0 spiro atoms. The SMILES string of the molecule is Cc1[nH]nc2ccc(-c3cc(OC[C@@H](N)Cc4cc5cccnc5[nH]4)cnc3-c3ccoc3)cc12. The molecular weight excluding hydrogens is 440 g/mol. The molecule has 0 aliphatic rings. The number of benzene rings is 1. The smallest absolute Gasteiger partial charge is 0.138 e. The standard InChI is InChI=1S/C27H24N6O2/c1-16-23-10-17(4-5-25(23)33-32-16)24-12-22(13-30-26(24)19-6-8-34-14-19)35-15-20(28)11-21-9-18-3-2-7-29-27(18)31-21/h2-10,12-14,20H,11,15,28H2,1H3,(H,29,31)(H,32,33)/t20-/m0/s1. The lowest BCUT2D eigenvalue weighted by atomic mass is 9.99. The first kappa shape index (κ1) is 21.1. The highest BCUT2D eigenvalue weighted by atomic mass is 16.5. The molecule has 0 unspecified atom stereocenters. The van der Waals surface area contributed by atoms with E-state index in [1.54, 1.807) is 24.9 Å². The molecule has 1 atom stereocenters. The first-order valence-corrected chi connectivity index (χ1v) is 11.4. The quantitative estimate of drug-likeness (QED) is 0.305. The molecule has 0 aliphatic carbocycles. The predicted molar refractivity (Wildman–Crippen MR) is 135 cm³/mol. The Balaban J connectivity index is 1.26. The number of nitrogens with zero attached hydrogens (tertiary/aromatic N) is 3. The van der Waals surface area contributed by atoms with E-state index in [0.717, 1.165) is 55.7 Å². The molecule has 0 saturated carbocycles. The van der Waals surface area contributed by atoms with E-state index in [2.05, 4.69) is 32.3 Å². The zero-order valence-electron chi connectivity index (χ0n) is 19.2. The molecule has 6 rings (SSSR count). The van der Waals surface area contributed by atoms with E-state index in [1.807, 2.05) is 43.3 Å². The average molecular weight is 465 g/mol. The minimum atomic E-state index is -0.190. The number of fused-ring (bicyclic) bond motifs is 2. The van der Waals surface area contributed by atoms with Gasteiger partial charge in [0.2, 0.25) is 0 Å². The number of rotatable bonds is 7. The molecule has 0 radical (unpaired) electrons. The van der Waals surface area contributed by atoms with Crippen LogP contribution in [-0.2, 0) is 6.42 Å². The van der Waals surface area contributed by atoms with E-state index in [-0.39, 0.29) is 6.04 Å². The number of nitrogens with two attached hydrogens (primary N) is 1. The Kier molecular flexibility index (Phi) is 5.27. The second kappa shape index (κ2) is 8.73. The summed E-state index contributed by atoms with van der Waals surface area (Å²) in [4.78, 5) is 12.4. The highest BCUT2D eigenvalue weighted by Gasteiger charge is 2.15. The Labute approximate surface area is 201 Å². The molecule has 5 heterocycles. The summed E-state index contributed by atoms with van der Waals surface area (Å²) >= 11 is 0. The fourth-order valence-corrected chi connectivity index (χ4v) is 4.35. The number of pyridine rings is 2. The molecule has 8 heteroatoms. The molecule has 0 saturated heterocycles. The van der Waals surface area contributed by atoms with Crippen molar-refractivity contribution in [1.29, 1.82) is 0 Å². The van der Waals surface area contributed by atoms with Crippen LogP contribution in [0.25, 0.3) is 44.3 Å². The lowest BCUT2D eigenvalue weighted by molar-refractivity contribution is 0.286. The van der Waals surface area contributed by atoms with Crippen LogP contribution in [-0.4, -0.2) is 37.8 Å². The average Bonchev–Trinajstić information content (AvgIpc) is 3.62. The van der Waals surface area contributed by atoms with Crippen molar-refractivity contribution in [3.8, 4) is 28.1 Å². The van der Waals surface area contributed by atoms with Crippen LogP contribution in [0.1, 0.15) is 11.4 Å². The van der Waals surface area contributed by atoms with E-state index < -0.39 is 0 Å². The van der Waals surface area contributed by atoms with Gasteiger partial charge in [-0.2, -0.15) is 5.10 Å². The summed E-state index contributed by atoms with van der Waals surface area (Å²) in [6, 6.07) is 15.9. The highest BCUT2D eigenvalue weighted by molar-refractivity contribution is 5.90. The van der Waals surface area contributed by atoms with Crippen molar-refractivity contribution in [3.05, 3.63) is 84.8 Å². The summed E-state index contributed by atoms with van der Waals surface area (Å²) in [6.45, 7) is 2.37. The number of H-pyrrole nitrogens is 2. The van der Waals surface area contributed by atoms with Gasteiger partial charge in [0.15, 0.2) is 0 Å². The van der Waals surface area contributed by atoms with Crippen LogP contribution in [0.3, 0.4) is 0 Å². The van der Waals surface area contributed by atoms with Crippen molar-refractivity contribution in [2.45, 2.75) is 19.4 Å². The Bertz CT molecular complexity index is 1580. The van der Waals surface area contributed by atoms with Crippen molar-refractivity contribution in [3.63, 3.8) is 0 Å². The van der Waals surface area contributed by atoms with Gasteiger partial charge in [-0.1, -0.05) is 6.07 Å². The van der Waals surface area contributed by atoms with Crippen molar-refractivity contribution < 1.29 is 9.15 Å². The third-order valence-corrected chi connectivity index (χ3v) is 6.11. The van der Waals surface area contributed by atoms with E-state index >= 15 is 0 Å². The number of aryl methyl sites for hydroxylation is 1. The second-order valence-corrected chi connectivity index (χ2v) is 8.67. The lowest BCUT2D eigenvalue weighted by Crippen LogP contribution is -2.30. The maximum atomic E-state index is 6.39. The topological polar surface area (TPSA) is 119 Å². The molecule has 0 bridgehead atoms. The molecule has 35 heavy (non-hydrogen) atoms. The first-order valence-electron chi connectivity index (χ1n) is 11.4. The molecule has 0 fully saturated rings. The fourth-order valence-electron chi connectivity index (χ4n) is 4.35. The van der Waals surface area contributed by atoms with Crippen LogP contribution in [0.2, 0.25) is 0 Å². The van der Waals surface area contributed by atoms with Crippen LogP contribution in [0.15, 0.2) is 77.9 Å². The Morgan fingerprint density at radius 2 is 2.03 bits per heavy atom. The maximum Gasteiger partial charge on any atom is 0.138 e. The van der Waals surface area contributed by atoms with Crippen LogP contribution in [0.5, 0.6) is 5.75 Å². The summed E-state index contributed by atoms with van der Waals surface area (Å²) in [5.41, 5.74) is 13.9. The zero-order valence-corrected chi connectivity index (χ0v) is 19.2. The summed E-state index contributed by atoms with van der Waals surface area (Å²) in [5.74, 6) is 0.657. The summed E-state index contributed by atoms with van der Waals surface area (Å²) in [6.07, 6.45) is 7.49. The molecule has 174 valence electrons. The van der Waals surface area contributed by atoms with Gasteiger partial charge in [0.05, 0.1) is 29.9 Å². The van der Waals surface area contributed by atoms with Gasteiger partial charge >= 0.3 is 0 Å². The summed E-state index contributed by atoms with van der Waals surface area (Å²) in [5, 5.41) is 9.53. The van der Waals surface area contributed by atoms with Crippen LogP contribution < -0.4 is 10.5 Å². The number of hydrogen-bond donors (Lipinski definition) is 3. The molecule has 8 nitrogen and oxygen atoms in total. The summed E-state index contributed by atoms with van der Waals surface area (Å²) < 4.78 is 11.4. The molecular formula is C27H24N6O2. The molecule has 4 N–H and O–H groups in total. The summed E-state index contributed by atoms with van der Waals surface area (Å²) in [7, 11) is 0. The third-order valence-electron chi connectivity index (χ3n) is 6.11. The van der Waals surface area contributed by atoms with Crippen molar-refractivity contribution in [1.82, 2.24) is 25.1 Å². The monoisotopic (exact) mass is 464 g/mol. The molecule has 0 amide bonds. The molecule has 1 aromatic carbocycles. The van der Waals surface area contributed by atoms with Gasteiger partial charge < -0.3 is 19.9 Å². The van der Waals surface area contributed by atoms with Crippen LogP contribution >= 0.6 is 0 Å². The largest absolute Gasteiger partial charge is 0.490 e. The van der Waals surface area contributed by atoms with Crippen LogP contribution in [0.4, 0.5) is 0 Å². The predicted octanol–water partition coefficient (Wildman–Crippen LogP) is 5.02. The van der Waals surface area contributed by atoms with E-state index in [1.165, 1.54) is 0 Å². The van der Waals surface area contributed by atoms with Gasteiger partial charge in [-0.25, -0.2) is 4.98 Å². The fraction of sp³-hybridized carbons (Fsp3) is 0.148. The number of nitrogens with one attached hydrogen (secondary N) is 2.